The zero-order chi connectivity index (χ0) is 13.5. The molecule has 0 aromatic rings. The number of imide groups is 1. The third-order valence-electron chi connectivity index (χ3n) is 4.53. The number of nitrogens with zero attached hydrogens (tertiary/aromatic N) is 1. The summed E-state index contributed by atoms with van der Waals surface area (Å²) in [5.74, 6) is 0.0551. The molecule has 18 heavy (non-hydrogen) atoms. The summed E-state index contributed by atoms with van der Waals surface area (Å²) in [6.45, 7) is 7.20. The molecular formula is C13H22N2O3. The molecule has 102 valence electrons. The summed E-state index contributed by atoms with van der Waals surface area (Å²) in [6, 6.07) is -0.157. The zero-order valence-electron chi connectivity index (χ0n) is 11.5. The van der Waals surface area contributed by atoms with Crippen LogP contribution in [0.5, 0.6) is 0 Å². The lowest BCUT2D eigenvalue weighted by Gasteiger charge is -2.30. The third kappa shape index (κ3) is 1.86. The third-order valence-corrected chi connectivity index (χ3v) is 4.53. The molecule has 0 radical (unpaired) electrons. The van der Waals surface area contributed by atoms with Crippen LogP contribution in [0, 0.1) is 11.3 Å². The summed E-state index contributed by atoms with van der Waals surface area (Å²) in [5, 5.41) is 3.18. The van der Waals surface area contributed by atoms with Crippen molar-refractivity contribution in [3.63, 3.8) is 0 Å². The number of ether oxygens (including phenoxy) is 1. The lowest BCUT2D eigenvalue weighted by atomic mass is 9.78. The normalized spacial score (nSPS) is 37.1. The van der Waals surface area contributed by atoms with Gasteiger partial charge in [0.2, 0.25) is 11.8 Å². The Labute approximate surface area is 108 Å². The maximum Gasteiger partial charge on any atom is 0.236 e. The van der Waals surface area contributed by atoms with Crippen LogP contribution in [0.3, 0.4) is 0 Å². The van der Waals surface area contributed by atoms with E-state index in [9.17, 15) is 9.59 Å². The van der Waals surface area contributed by atoms with E-state index in [-0.39, 0.29) is 29.9 Å². The average Bonchev–Trinajstić information content (AvgIpc) is 2.84. The van der Waals surface area contributed by atoms with Crippen molar-refractivity contribution in [2.45, 2.75) is 39.3 Å². The monoisotopic (exact) mass is 254 g/mol. The second-order valence-corrected chi connectivity index (χ2v) is 5.82. The van der Waals surface area contributed by atoms with Crippen LogP contribution in [-0.4, -0.2) is 49.1 Å². The molecule has 0 aromatic carbocycles. The molecule has 0 aromatic heterocycles. The minimum absolute atomic E-state index is 0.0433. The number of rotatable bonds is 3. The molecule has 0 spiro atoms. The Hall–Kier alpha value is -0.940. The van der Waals surface area contributed by atoms with Crippen LogP contribution < -0.4 is 5.32 Å². The Balaban J connectivity index is 2.24. The van der Waals surface area contributed by atoms with Gasteiger partial charge in [-0.25, -0.2) is 0 Å². The summed E-state index contributed by atoms with van der Waals surface area (Å²) < 4.78 is 5.35. The fourth-order valence-electron chi connectivity index (χ4n) is 2.79. The van der Waals surface area contributed by atoms with Gasteiger partial charge in [-0.2, -0.15) is 0 Å². The molecule has 0 saturated carbocycles. The van der Waals surface area contributed by atoms with Crippen molar-refractivity contribution in [1.82, 2.24) is 10.2 Å². The summed E-state index contributed by atoms with van der Waals surface area (Å²) in [4.78, 5) is 26.2. The molecule has 5 nitrogen and oxygen atoms in total. The van der Waals surface area contributed by atoms with E-state index in [1.54, 1.807) is 7.11 Å². The Morgan fingerprint density at radius 2 is 2.06 bits per heavy atom. The summed E-state index contributed by atoms with van der Waals surface area (Å²) in [6.07, 6.45) is 0.226. The Kier molecular flexibility index (Phi) is 3.47. The van der Waals surface area contributed by atoms with Crippen molar-refractivity contribution in [1.29, 1.82) is 0 Å². The van der Waals surface area contributed by atoms with E-state index >= 15 is 0 Å². The highest BCUT2D eigenvalue weighted by Crippen LogP contribution is 2.40. The molecule has 1 N–H and O–H groups in total. The van der Waals surface area contributed by atoms with Crippen molar-refractivity contribution in [3.8, 4) is 0 Å². The maximum atomic E-state index is 12.5. The van der Waals surface area contributed by atoms with Gasteiger partial charge in [0.1, 0.15) is 0 Å². The van der Waals surface area contributed by atoms with E-state index in [4.69, 9.17) is 4.74 Å². The second kappa shape index (κ2) is 4.63. The first-order valence-corrected chi connectivity index (χ1v) is 6.52. The van der Waals surface area contributed by atoms with E-state index in [1.165, 1.54) is 4.90 Å². The van der Waals surface area contributed by atoms with Crippen LogP contribution in [-0.2, 0) is 14.3 Å². The first kappa shape index (κ1) is 13.5. The maximum absolute atomic E-state index is 12.5. The number of carbonyl (C=O) groups is 2. The second-order valence-electron chi connectivity index (χ2n) is 5.82. The topological polar surface area (TPSA) is 58.6 Å². The number of hydrogen-bond donors (Lipinski definition) is 1. The Morgan fingerprint density at radius 3 is 2.56 bits per heavy atom. The largest absolute Gasteiger partial charge is 0.378 e. The summed E-state index contributed by atoms with van der Waals surface area (Å²) >= 11 is 0. The molecule has 2 heterocycles. The van der Waals surface area contributed by atoms with Crippen LogP contribution >= 0.6 is 0 Å². The summed E-state index contributed by atoms with van der Waals surface area (Å²) in [7, 11) is 1.62. The van der Waals surface area contributed by atoms with Gasteiger partial charge in [-0.05, 0) is 12.8 Å². The first-order valence-electron chi connectivity index (χ1n) is 6.52. The molecule has 2 unspecified atom stereocenters. The smallest absolute Gasteiger partial charge is 0.236 e. The predicted octanol–water partition coefficient (Wildman–Crippen LogP) is 0.394. The standard InChI is InChI=1S/C13H22N2O3/c1-8(2)13(3)5-11(16)15(12(13)17)9-6-14-7-10(9)18-4/h8-10,14H,5-7H2,1-4H3/t9?,10-,13?/m0/s1. The predicted molar refractivity (Wildman–Crippen MR) is 66.9 cm³/mol. The molecule has 3 atom stereocenters. The fourth-order valence-corrected chi connectivity index (χ4v) is 2.79. The van der Waals surface area contributed by atoms with Crippen molar-refractivity contribution in [2.24, 2.45) is 11.3 Å². The van der Waals surface area contributed by atoms with E-state index < -0.39 is 5.41 Å². The lowest BCUT2D eigenvalue weighted by molar-refractivity contribution is -0.146. The number of hydrogen-bond acceptors (Lipinski definition) is 4. The zero-order valence-corrected chi connectivity index (χ0v) is 11.5. The average molecular weight is 254 g/mol. The SMILES string of the molecule is CO[C@H]1CNCC1N1C(=O)CC(C)(C(C)C)C1=O. The molecule has 0 aliphatic carbocycles. The number of amides is 2. The van der Waals surface area contributed by atoms with Crippen LogP contribution in [0.1, 0.15) is 27.2 Å². The van der Waals surface area contributed by atoms with Gasteiger partial charge in [-0.15, -0.1) is 0 Å². The van der Waals surface area contributed by atoms with E-state index in [0.717, 1.165) is 0 Å². The Bertz CT molecular complexity index is 369. The number of methoxy groups -OCH3 is 1. The highest BCUT2D eigenvalue weighted by Gasteiger charge is 2.53. The van der Waals surface area contributed by atoms with Crippen molar-refractivity contribution >= 4 is 11.8 Å². The van der Waals surface area contributed by atoms with E-state index in [2.05, 4.69) is 5.32 Å². The van der Waals surface area contributed by atoms with Gasteiger partial charge in [0.15, 0.2) is 0 Å². The van der Waals surface area contributed by atoms with Gasteiger partial charge in [0.25, 0.3) is 0 Å². The molecule has 2 aliphatic heterocycles. The summed E-state index contributed by atoms with van der Waals surface area (Å²) in [5.41, 5.74) is -0.558. The Morgan fingerprint density at radius 1 is 1.39 bits per heavy atom. The van der Waals surface area contributed by atoms with Crippen LogP contribution in [0.25, 0.3) is 0 Å². The van der Waals surface area contributed by atoms with E-state index in [1.807, 2.05) is 20.8 Å². The molecule has 2 aliphatic rings. The number of likely N-dealkylation sites (tertiary alicyclic amines) is 1. The van der Waals surface area contributed by atoms with Crippen LogP contribution in [0.15, 0.2) is 0 Å². The molecule has 5 heteroatoms. The van der Waals surface area contributed by atoms with Crippen molar-refractivity contribution < 1.29 is 14.3 Å². The number of carbonyl (C=O) groups excluding carboxylic acids is 2. The quantitative estimate of drug-likeness (QED) is 0.740. The van der Waals surface area contributed by atoms with Crippen molar-refractivity contribution in [3.05, 3.63) is 0 Å². The molecular weight excluding hydrogens is 232 g/mol. The fraction of sp³-hybridized carbons (Fsp3) is 0.846. The number of nitrogens with one attached hydrogen (secondary N) is 1. The van der Waals surface area contributed by atoms with E-state index in [0.29, 0.717) is 19.5 Å². The lowest BCUT2D eigenvalue weighted by Crippen LogP contribution is -2.49. The highest BCUT2D eigenvalue weighted by molar-refractivity contribution is 6.06. The van der Waals surface area contributed by atoms with Crippen LogP contribution in [0.4, 0.5) is 0 Å². The molecule has 0 bridgehead atoms. The van der Waals surface area contributed by atoms with Gasteiger partial charge in [0.05, 0.1) is 17.6 Å². The van der Waals surface area contributed by atoms with Gasteiger partial charge >= 0.3 is 0 Å². The van der Waals surface area contributed by atoms with Gasteiger partial charge < -0.3 is 10.1 Å². The molecule has 2 rings (SSSR count). The minimum Gasteiger partial charge on any atom is -0.378 e. The van der Waals surface area contributed by atoms with Gasteiger partial charge in [-0.3, -0.25) is 14.5 Å². The molecule has 2 amide bonds. The van der Waals surface area contributed by atoms with Crippen LogP contribution in [0.2, 0.25) is 0 Å². The van der Waals surface area contributed by atoms with Gasteiger partial charge in [0, 0.05) is 26.6 Å². The first-order chi connectivity index (χ1) is 8.41. The minimum atomic E-state index is -0.558. The highest BCUT2D eigenvalue weighted by atomic mass is 16.5. The molecule has 2 saturated heterocycles. The van der Waals surface area contributed by atoms with Gasteiger partial charge in [-0.1, -0.05) is 13.8 Å². The van der Waals surface area contributed by atoms with Crippen molar-refractivity contribution in [2.75, 3.05) is 20.2 Å². The molecule has 2 fully saturated rings.